The molecule has 0 bridgehead atoms. The van der Waals surface area contributed by atoms with Crippen molar-refractivity contribution in [2.24, 2.45) is 11.1 Å². The molecule has 0 N–H and O–H groups in total. The van der Waals surface area contributed by atoms with E-state index in [1.807, 2.05) is 42.2 Å². The number of benzene rings is 2. The van der Waals surface area contributed by atoms with Crippen LogP contribution in [0, 0.1) is 5.92 Å². The van der Waals surface area contributed by atoms with Gasteiger partial charge in [-0.05, 0) is 82.4 Å². The van der Waals surface area contributed by atoms with Crippen LogP contribution in [0.15, 0.2) is 70.4 Å². The van der Waals surface area contributed by atoms with Gasteiger partial charge in [0.25, 0.3) is 5.91 Å². The minimum atomic E-state index is 0.0882. The summed E-state index contributed by atoms with van der Waals surface area (Å²) < 4.78 is 1.07. The Morgan fingerprint density at radius 1 is 1.05 bits per heavy atom. The van der Waals surface area contributed by atoms with Crippen molar-refractivity contribution < 1.29 is 9.63 Å². The van der Waals surface area contributed by atoms with Crippen molar-refractivity contribution >= 4 is 38.5 Å². The fourth-order valence-electron chi connectivity index (χ4n) is 5.69. The van der Waals surface area contributed by atoms with Gasteiger partial charge in [0.15, 0.2) is 0 Å². The van der Waals surface area contributed by atoms with Gasteiger partial charge in [-0.1, -0.05) is 51.4 Å². The summed E-state index contributed by atoms with van der Waals surface area (Å²) in [5.41, 5.74) is 3.90. The van der Waals surface area contributed by atoms with E-state index in [1.54, 1.807) is 6.20 Å². The number of nitrogens with zero attached hydrogens (tertiary/aromatic N) is 4. The van der Waals surface area contributed by atoms with Crippen LogP contribution in [0.1, 0.15) is 55.5 Å². The minimum Gasteiger partial charge on any atom is -0.396 e. The van der Waals surface area contributed by atoms with Crippen molar-refractivity contribution in [3.8, 4) is 0 Å². The van der Waals surface area contributed by atoms with E-state index < -0.39 is 0 Å². The molecular weight excluding hydrogens is 528 g/mol. The molecule has 2 fully saturated rings. The third-order valence-electron chi connectivity index (χ3n) is 8.04. The molecule has 7 heteroatoms. The Hall–Kier alpha value is -2.77. The molecule has 3 heterocycles. The van der Waals surface area contributed by atoms with Crippen molar-refractivity contribution in [2.45, 2.75) is 45.1 Å². The molecule has 0 atom stereocenters. The molecule has 6 nitrogen and oxygen atoms in total. The van der Waals surface area contributed by atoms with E-state index in [9.17, 15) is 4.79 Å². The molecule has 1 amide bonds. The van der Waals surface area contributed by atoms with E-state index in [4.69, 9.17) is 4.84 Å². The third kappa shape index (κ3) is 5.73. The van der Waals surface area contributed by atoms with E-state index in [2.05, 4.69) is 62.2 Å². The van der Waals surface area contributed by atoms with Gasteiger partial charge in [0.2, 0.25) is 0 Å². The van der Waals surface area contributed by atoms with Crippen molar-refractivity contribution in [1.82, 2.24) is 14.8 Å². The summed E-state index contributed by atoms with van der Waals surface area (Å²) >= 11 is 3.53. The van der Waals surface area contributed by atoms with Crippen molar-refractivity contribution in [3.05, 3.63) is 76.4 Å². The lowest BCUT2D eigenvalue weighted by Crippen LogP contribution is -2.56. The largest absolute Gasteiger partial charge is 0.396 e. The molecule has 2 aliphatic rings. The Morgan fingerprint density at radius 3 is 2.46 bits per heavy atom. The third-order valence-corrected chi connectivity index (χ3v) is 8.57. The predicted molar refractivity (Wildman–Crippen MR) is 152 cm³/mol. The van der Waals surface area contributed by atoms with E-state index >= 15 is 0 Å². The summed E-state index contributed by atoms with van der Waals surface area (Å²) in [5.74, 6) is 0.472. The van der Waals surface area contributed by atoms with Gasteiger partial charge >= 0.3 is 0 Å². The Bertz CT molecular complexity index is 1260. The highest BCUT2D eigenvalue weighted by Crippen LogP contribution is 2.34. The fourth-order valence-corrected chi connectivity index (χ4v) is 5.95. The van der Waals surface area contributed by atoms with Crippen LogP contribution in [-0.2, 0) is 4.84 Å². The number of para-hydroxylation sites is 1. The van der Waals surface area contributed by atoms with Crippen molar-refractivity contribution in [3.63, 3.8) is 0 Å². The molecule has 5 rings (SSSR count). The summed E-state index contributed by atoms with van der Waals surface area (Å²) in [6, 6.07) is 18.3. The molecule has 2 saturated heterocycles. The molecule has 2 aliphatic heterocycles. The van der Waals surface area contributed by atoms with Crippen LogP contribution >= 0.6 is 15.9 Å². The maximum Gasteiger partial charge on any atom is 0.255 e. The molecule has 37 heavy (non-hydrogen) atoms. The van der Waals surface area contributed by atoms with Crippen LogP contribution in [-0.4, -0.2) is 64.7 Å². The van der Waals surface area contributed by atoms with Gasteiger partial charge in [-0.25, -0.2) is 0 Å². The number of carbonyl (C=O) groups excluding carboxylic acids is 1. The maximum absolute atomic E-state index is 13.2. The molecule has 0 saturated carbocycles. The summed E-state index contributed by atoms with van der Waals surface area (Å²) in [7, 11) is 0. The SMILES string of the molecule is CCON=C(c1ccc(Br)cc1)C1CCN(C2(C)CCN(C(=O)c3cnc4ccccc4c3)CC2)CC1. The molecule has 0 radical (unpaired) electrons. The van der Waals surface area contributed by atoms with Gasteiger partial charge in [0.05, 0.1) is 16.8 Å². The molecule has 0 unspecified atom stereocenters. The quantitative estimate of drug-likeness (QED) is 0.267. The average molecular weight is 564 g/mol. The number of oxime groups is 1. The standard InChI is InChI=1S/C30H35BrN4O2/c1-3-37-33-28(22-8-10-26(31)11-9-22)23-12-16-35(17-13-23)30(2)14-18-34(19-15-30)29(36)25-20-24-6-4-5-7-27(24)32-21-25/h4-11,20-21,23H,3,12-19H2,1-2H3. The highest BCUT2D eigenvalue weighted by Gasteiger charge is 2.39. The highest BCUT2D eigenvalue weighted by molar-refractivity contribution is 9.10. The summed E-state index contributed by atoms with van der Waals surface area (Å²) in [5, 5.41) is 5.54. The van der Waals surface area contributed by atoms with Crippen molar-refractivity contribution in [1.29, 1.82) is 0 Å². The zero-order valence-electron chi connectivity index (χ0n) is 21.7. The van der Waals surface area contributed by atoms with E-state index in [1.165, 1.54) is 0 Å². The van der Waals surface area contributed by atoms with Gasteiger partial charge in [0.1, 0.15) is 6.61 Å². The topological polar surface area (TPSA) is 58.0 Å². The lowest BCUT2D eigenvalue weighted by molar-refractivity contribution is 0.0161. The lowest BCUT2D eigenvalue weighted by atomic mass is 9.82. The van der Waals surface area contributed by atoms with E-state index in [0.29, 0.717) is 18.1 Å². The molecule has 2 aromatic carbocycles. The first-order valence-electron chi connectivity index (χ1n) is 13.3. The Labute approximate surface area is 227 Å². The number of hydrogen-bond acceptors (Lipinski definition) is 5. The zero-order valence-corrected chi connectivity index (χ0v) is 23.3. The summed E-state index contributed by atoms with van der Waals surface area (Å²) in [4.78, 5) is 27.9. The maximum atomic E-state index is 13.2. The second-order valence-corrected chi connectivity index (χ2v) is 11.3. The molecule has 194 valence electrons. The summed E-state index contributed by atoms with van der Waals surface area (Å²) in [6.07, 6.45) is 5.80. The van der Waals surface area contributed by atoms with Gasteiger partial charge in [-0.15, -0.1) is 0 Å². The highest BCUT2D eigenvalue weighted by atomic mass is 79.9. The van der Waals surface area contributed by atoms with Gasteiger partial charge in [-0.3, -0.25) is 14.7 Å². The number of aromatic nitrogens is 1. The number of halogens is 1. The molecular formula is C30H35BrN4O2. The van der Waals surface area contributed by atoms with Crippen LogP contribution in [0.3, 0.4) is 0 Å². The summed E-state index contributed by atoms with van der Waals surface area (Å²) in [6.45, 7) is 8.53. The number of fused-ring (bicyclic) bond motifs is 1. The second-order valence-electron chi connectivity index (χ2n) is 10.4. The first-order chi connectivity index (χ1) is 18.0. The normalized spacial score (nSPS) is 19.2. The number of carbonyl (C=O) groups is 1. The monoisotopic (exact) mass is 562 g/mol. The van der Waals surface area contributed by atoms with Gasteiger partial charge < -0.3 is 9.74 Å². The van der Waals surface area contributed by atoms with Gasteiger partial charge in [-0.2, -0.15) is 0 Å². The average Bonchev–Trinajstić information content (AvgIpc) is 2.94. The van der Waals surface area contributed by atoms with Crippen LogP contribution in [0.25, 0.3) is 10.9 Å². The van der Waals surface area contributed by atoms with Crippen molar-refractivity contribution in [2.75, 3.05) is 32.8 Å². The molecule has 3 aromatic rings. The van der Waals surface area contributed by atoms with Crippen LogP contribution in [0.2, 0.25) is 0 Å². The first kappa shape index (κ1) is 25.9. The van der Waals surface area contributed by atoms with Crippen LogP contribution < -0.4 is 0 Å². The molecule has 0 aliphatic carbocycles. The molecule has 1 aromatic heterocycles. The Morgan fingerprint density at radius 2 is 1.76 bits per heavy atom. The number of hydrogen-bond donors (Lipinski definition) is 0. The van der Waals surface area contributed by atoms with E-state index in [0.717, 1.165) is 78.5 Å². The van der Waals surface area contributed by atoms with E-state index in [-0.39, 0.29) is 11.4 Å². The number of pyridine rings is 1. The fraction of sp³-hybridized carbons (Fsp3) is 0.433. The first-order valence-corrected chi connectivity index (χ1v) is 14.1. The Balaban J connectivity index is 1.20. The number of likely N-dealkylation sites (tertiary alicyclic amines) is 2. The smallest absolute Gasteiger partial charge is 0.255 e. The lowest BCUT2D eigenvalue weighted by Gasteiger charge is -2.49. The van der Waals surface area contributed by atoms with Crippen LogP contribution in [0.4, 0.5) is 0 Å². The number of rotatable bonds is 6. The number of amides is 1. The molecule has 0 spiro atoms. The zero-order chi connectivity index (χ0) is 25.8. The predicted octanol–water partition coefficient (Wildman–Crippen LogP) is 6.14. The number of piperidine rings is 2. The minimum absolute atomic E-state index is 0.0882. The van der Waals surface area contributed by atoms with Gasteiger partial charge in [0, 0.05) is 40.6 Å². The second kappa shape index (κ2) is 11.3. The van der Waals surface area contributed by atoms with Crippen LogP contribution in [0.5, 0.6) is 0 Å². The Kier molecular flexibility index (Phi) is 7.91.